The third kappa shape index (κ3) is 4.88. The summed E-state index contributed by atoms with van der Waals surface area (Å²) >= 11 is 0. The highest BCUT2D eigenvalue weighted by Gasteiger charge is 2.23. The van der Waals surface area contributed by atoms with Gasteiger partial charge in [-0.1, -0.05) is 51.1 Å². The Morgan fingerprint density at radius 3 is 2.39 bits per heavy atom. The number of rotatable bonds is 5. The molecule has 0 fully saturated rings. The molecule has 0 spiro atoms. The van der Waals surface area contributed by atoms with Crippen LogP contribution in [-0.2, 0) is 9.53 Å². The van der Waals surface area contributed by atoms with Crippen LogP contribution in [0.1, 0.15) is 39.3 Å². The lowest BCUT2D eigenvalue weighted by molar-refractivity contribution is -0.146. The van der Waals surface area contributed by atoms with Crippen LogP contribution in [0, 0.1) is 5.41 Å². The van der Waals surface area contributed by atoms with Crippen LogP contribution in [0.2, 0.25) is 0 Å². The van der Waals surface area contributed by atoms with Gasteiger partial charge in [0, 0.05) is 6.54 Å². The molecule has 0 bridgehead atoms. The molecule has 3 heteroatoms. The number of hydrogen-bond donors (Lipinski definition) is 1. The van der Waals surface area contributed by atoms with Crippen molar-refractivity contribution in [1.29, 1.82) is 0 Å². The highest BCUT2D eigenvalue weighted by atomic mass is 16.5. The van der Waals surface area contributed by atoms with Crippen molar-refractivity contribution in [3.63, 3.8) is 0 Å². The Morgan fingerprint density at radius 2 is 1.89 bits per heavy atom. The number of ether oxygens (including phenoxy) is 1. The van der Waals surface area contributed by atoms with Gasteiger partial charge < -0.3 is 10.1 Å². The van der Waals surface area contributed by atoms with Gasteiger partial charge in [0.15, 0.2) is 0 Å². The van der Waals surface area contributed by atoms with Crippen molar-refractivity contribution in [2.24, 2.45) is 5.41 Å². The van der Waals surface area contributed by atoms with Gasteiger partial charge >= 0.3 is 5.97 Å². The fourth-order valence-corrected chi connectivity index (χ4v) is 1.62. The average molecular weight is 249 g/mol. The maximum Gasteiger partial charge on any atom is 0.327 e. The van der Waals surface area contributed by atoms with E-state index in [0.717, 1.165) is 12.1 Å². The van der Waals surface area contributed by atoms with Gasteiger partial charge in [0.1, 0.15) is 6.04 Å². The maximum absolute atomic E-state index is 12.0. The Hall–Kier alpha value is -1.35. The largest absolute Gasteiger partial charge is 0.465 e. The van der Waals surface area contributed by atoms with Crippen molar-refractivity contribution < 1.29 is 9.53 Å². The molecule has 1 aromatic rings. The van der Waals surface area contributed by atoms with Crippen molar-refractivity contribution in [3.05, 3.63) is 35.9 Å². The van der Waals surface area contributed by atoms with Crippen LogP contribution in [0.25, 0.3) is 0 Å². The summed E-state index contributed by atoms with van der Waals surface area (Å²) < 4.78 is 5.12. The van der Waals surface area contributed by atoms with Gasteiger partial charge in [0.05, 0.1) is 6.61 Å². The fraction of sp³-hybridized carbons (Fsp3) is 0.533. The lowest BCUT2D eigenvalue weighted by atomic mass is 9.96. The maximum atomic E-state index is 12.0. The number of esters is 1. The molecule has 1 unspecified atom stereocenters. The van der Waals surface area contributed by atoms with Crippen molar-refractivity contribution in [1.82, 2.24) is 5.32 Å². The van der Waals surface area contributed by atoms with Gasteiger partial charge in [-0.05, 0) is 17.9 Å². The molecule has 1 rings (SSSR count). The highest BCUT2D eigenvalue weighted by Crippen LogP contribution is 2.18. The molecule has 100 valence electrons. The van der Waals surface area contributed by atoms with Gasteiger partial charge in [-0.3, -0.25) is 0 Å². The van der Waals surface area contributed by atoms with Gasteiger partial charge in [-0.2, -0.15) is 0 Å². The van der Waals surface area contributed by atoms with Crippen molar-refractivity contribution in [2.75, 3.05) is 13.2 Å². The molecule has 1 aromatic carbocycles. The molecule has 0 saturated heterocycles. The van der Waals surface area contributed by atoms with Crippen LogP contribution in [0.4, 0.5) is 0 Å². The molecule has 0 amide bonds. The number of carbonyl (C=O) groups is 1. The summed E-state index contributed by atoms with van der Waals surface area (Å²) in [5.41, 5.74) is 1.07. The Bertz CT molecular complexity index is 368. The smallest absolute Gasteiger partial charge is 0.327 e. The zero-order chi connectivity index (χ0) is 13.6. The fourth-order valence-electron chi connectivity index (χ4n) is 1.62. The first kappa shape index (κ1) is 14.7. The summed E-state index contributed by atoms with van der Waals surface area (Å²) in [4.78, 5) is 12.0. The quantitative estimate of drug-likeness (QED) is 0.815. The lowest BCUT2D eigenvalue weighted by Crippen LogP contribution is -2.35. The molecule has 0 aliphatic carbocycles. The molecule has 0 radical (unpaired) electrons. The minimum atomic E-state index is -0.384. The first-order valence-electron chi connectivity index (χ1n) is 6.39. The third-order valence-corrected chi connectivity index (χ3v) is 2.49. The topological polar surface area (TPSA) is 38.3 Å². The highest BCUT2D eigenvalue weighted by molar-refractivity contribution is 5.77. The summed E-state index contributed by atoms with van der Waals surface area (Å²) in [7, 11) is 0. The molecule has 18 heavy (non-hydrogen) atoms. The Balaban J connectivity index is 2.79. The molecule has 0 aromatic heterocycles. The molecule has 3 nitrogen and oxygen atoms in total. The van der Waals surface area contributed by atoms with Gasteiger partial charge in [-0.25, -0.2) is 4.79 Å². The lowest BCUT2D eigenvalue weighted by Gasteiger charge is -2.24. The van der Waals surface area contributed by atoms with E-state index < -0.39 is 0 Å². The number of nitrogens with one attached hydrogen (secondary N) is 1. The second-order valence-corrected chi connectivity index (χ2v) is 5.54. The molecule has 1 atom stereocenters. The first-order valence-corrected chi connectivity index (χ1v) is 6.39. The minimum Gasteiger partial charge on any atom is -0.465 e. The van der Waals surface area contributed by atoms with Crippen LogP contribution in [0.3, 0.4) is 0 Å². The van der Waals surface area contributed by atoms with Gasteiger partial charge in [-0.15, -0.1) is 0 Å². The predicted octanol–water partition coefficient (Wildman–Crippen LogP) is 2.93. The standard InChI is InChI=1S/C15H23NO2/c1-5-18-14(17)13(16-11-15(2,3)4)12-9-7-6-8-10-12/h6-10,13,16H,5,11H2,1-4H3. The van der Waals surface area contributed by atoms with Crippen LogP contribution in [0.5, 0.6) is 0 Å². The Kier molecular flexibility index (Phi) is 5.35. The van der Waals surface area contributed by atoms with E-state index in [1.165, 1.54) is 0 Å². The predicted molar refractivity (Wildman–Crippen MR) is 73.3 cm³/mol. The van der Waals surface area contributed by atoms with Crippen LogP contribution in [-0.4, -0.2) is 19.1 Å². The summed E-state index contributed by atoms with van der Waals surface area (Å²) in [6.07, 6.45) is 0. The second-order valence-electron chi connectivity index (χ2n) is 5.54. The normalized spacial score (nSPS) is 13.1. The van der Waals surface area contributed by atoms with E-state index in [-0.39, 0.29) is 17.4 Å². The van der Waals surface area contributed by atoms with Gasteiger partial charge in [0.2, 0.25) is 0 Å². The van der Waals surface area contributed by atoms with E-state index in [0.29, 0.717) is 6.61 Å². The van der Waals surface area contributed by atoms with Crippen molar-refractivity contribution in [3.8, 4) is 0 Å². The van der Waals surface area contributed by atoms with E-state index in [1.807, 2.05) is 37.3 Å². The Morgan fingerprint density at radius 1 is 1.28 bits per heavy atom. The number of carbonyl (C=O) groups excluding carboxylic acids is 1. The second kappa shape index (κ2) is 6.55. The number of hydrogen-bond acceptors (Lipinski definition) is 3. The summed E-state index contributed by atoms with van der Waals surface area (Å²) in [5, 5.41) is 3.29. The van der Waals surface area contributed by atoms with E-state index in [4.69, 9.17) is 4.74 Å². The molecule has 0 aliphatic rings. The third-order valence-electron chi connectivity index (χ3n) is 2.49. The van der Waals surface area contributed by atoms with Crippen LogP contribution >= 0.6 is 0 Å². The summed E-state index contributed by atoms with van der Waals surface area (Å²) in [6, 6.07) is 9.30. The average Bonchev–Trinajstić information content (AvgIpc) is 2.29. The first-order chi connectivity index (χ1) is 8.44. The molecule has 1 N–H and O–H groups in total. The van der Waals surface area contributed by atoms with E-state index in [2.05, 4.69) is 26.1 Å². The molecule has 0 aliphatic heterocycles. The van der Waals surface area contributed by atoms with E-state index in [9.17, 15) is 4.79 Å². The van der Waals surface area contributed by atoms with Crippen molar-refractivity contribution >= 4 is 5.97 Å². The molecule has 0 saturated carbocycles. The van der Waals surface area contributed by atoms with Crippen molar-refractivity contribution in [2.45, 2.75) is 33.7 Å². The van der Waals surface area contributed by atoms with Crippen LogP contribution in [0.15, 0.2) is 30.3 Å². The van der Waals surface area contributed by atoms with Gasteiger partial charge in [0.25, 0.3) is 0 Å². The van der Waals surface area contributed by atoms with E-state index in [1.54, 1.807) is 0 Å². The SMILES string of the molecule is CCOC(=O)C(NCC(C)(C)C)c1ccccc1. The number of benzene rings is 1. The summed E-state index contributed by atoms with van der Waals surface area (Å²) in [5.74, 6) is -0.215. The zero-order valence-corrected chi connectivity index (χ0v) is 11.7. The molecular formula is C15H23NO2. The Labute approximate surface area is 110 Å². The van der Waals surface area contributed by atoms with E-state index >= 15 is 0 Å². The van der Waals surface area contributed by atoms with Crippen LogP contribution < -0.4 is 5.32 Å². The summed E-state index contributed by atoms with van der Waals surface area (Å²) in [6.45, 7) is 9.38. The molecule has 0 heterocycles. The zero-order valence-electron chi connectivity index (χ0n) is 11.7. The molecular weight excluding hydrogens is 226 g/mol. The minimum absolute atomic E-state index is 0.125. The monoisotopic (exact) mass is 249 g/mol.